The Labute approximate surface area is 391 Å². The number of para-hydroxylation sites is 1. The number of hydrogen-bond acceptors (Lipinski definition) is 2. The molecule has 1 nitrogen and oxygen atoms in total. The number of anilines is 3. The zero-order chi connectivity index (χ0) is 44.0. The highest BCUT2D eigenvalue weighted by Gasteiger charge is 2.53. The quantitative estimate of drug-likeness (QED) is 0.164. The van der Waals surface area contributed by atoms with Crippen LogP contribution in [0.15, 0.2) is 246 Å². The standard InChI is InChI=1S/C64H45NS/c1-63(2)51-28-12-9-25-49(51)60-47(27-19-32-55(60)63)48-40-41-57(62-61(48)50-26-10-13-29-52(50)64(62)53-30-14-17-34-58(53)66-59-35-18-15-31-54(59)64)65(45-38-36-43(37-39-45)42-20-5-3-6-21-42)56-33-16-11-24-46(56)44-22-7-4-8-23-44/h3-41H,1-2H3. The smallest absolute Gasteiger partial charge is 0.0756 e. The van der Waals surface area contributed by atoms with Crippen LogP contribution in [0.25, 0.3) is 55.6 Å². The van der Waals surface area contributed by atoms with Gasteiger partial charge in [-0.1, -0.05) is 226 Å². The molecule has 0 N–H and O–H groups in total. The largest absolute Gasteiger partial charge is 0.310 e. The molecule has 1 spiro atoms. The van der Waals surface area contributed by atoms with Crippen LogP contribution >= 0.6 is 11.8 Å². The van der Waals surface area contributed by atoms with E-state index in [1.54, 1.807) is 0 Å². The van der Waals surface area contributed by atoms with Gasteiger partial charge in [-0.15, -0.1) is 0 Å². The van der Waals surface area contributed by atoms with Crippen molar-refractivity contribution >= 4 is 28.8 Å². The fraction of sp³-hybridized carbons (Fsp3) is 0.0625. The monoisotopic (exact) mass is 859 g/mol. The summed E-state index contributed by atoms with van der Waals surface area (Å²) in [7, 11) is 0. The summed E-state index contributed by atoms with van der Waals surface area (Å²) in [4.78, 5) is 5.14. The van der Waals surface area contributed by atoms with E-state index in [9.17, 15) is 0 Å². The van der Waals surface area contributed by atoms with Crippen LogP contribution in [-0.4, -0.2) is 0 Å². The van der Waals surface area contributed by atoms with Crippen molar-refractivity contribution in [2.45, 2.75) is 34.5 Å². The first kappa shape index (κ1) is 38.8. The van der Waals surface area contributed by atoms with Crippen LogP contribution in [0.5, 0.6) is 0 Å². The third-order valence-corrected chi connectivity index (χ3v) is 15.7. The predicted octanol–water partition coefficient (Wildman–Crippen LogP) is 17.3. The summed E-state index contributed by atoms with van der Waals surface area (Å²) in [6, 6.07) is 88.4. The maximum atomic E-state index is 2.56. The van der Waals surface area contributed by atoms with E-state index < -0.39 is 5.41 Å². The first-order valence-electron chi connectivity index (χ1n) is 23.0. The lowest BCUT2D eigenvalue weighted by molar-refractivity contribution is 0.660. The van der Waals surface area contributed by atoms with Crippen molar-refractivity contribution in [1.82, 2.24) is 0 Å². The molecule has 0 bridgehead atoms. The molecule has 66 heavy (non-hydrogen) atoms. The van der Waals surface area contributed by atoms with Gasteiger partial charge in [0.15, 0.2) is 0 Å². The van der Waals surface area contributed by atoms with Crippen LogP contribution in [0, 0.1) is 0 Å². The van der Waals surface area contributed by atoms with Gasteiger partial charge in [-0.2, -0.15) is 0 Å². The van der Waals surface area contributed by atoms with Crippen molar-refractivity contribution in [2.75, 3.05) is 4.90 Å². The Hall–Kier alpha value is -7.65. The first-order chi connectivity index (χ1) is 32.5. The van der Waals surface area contributed by atoms with Crippen LogP contribution in [0.4, 0.5) is 17.1 Å². The Balaban J connectivity index is 1.19. The third-order valence-electron chi connectivity index (χ3n) is 14.6. The SMILES string of the molecule is CC1(C)c2ccccc2-c2c(-c3ccc(N(c4ccc(-c5ccccc5)cc4)c4ccccc4-c4ccccc4)c4c3-c3ccccc3C43c4ccccc4Sc4ccccc43)cccc21. The second kappa shape index (κ2) is 15.0. The van der Waals surface area contributed by atoms with Crippen molar-refractivity contribution in [2.24, 2.45) is 0 Å². The second-order valence-electron chi connectivity index (χ2n) is 18.3. The minimum atomic E-state index is -0.644. The zero-order valence-electron chi connectivity index (χ0n) is 36.9. The van der Waals surface area contributed by atoms with Gasteiger partial charge in [0.25, 0.3) is 0 Å². The van der Waals surface area contributed by atoms with Crippen LogP contribution in [-0.2, 0) is 10.8 Å². The lowest BCUT2D eigenvalue weighted by atomic mass is 9.66. The van der Waals surface area contributed by atoms with Crippen LogP contribution in [0.2, 0.25) is 0 Å². The molecule has 312 valence electrons. The van der Waals surface area contributed by atoms with Crippen LogP contribution in [0.3, 0.4) is 0 Å². The number of rotatable bonds is 6. The molecule has 0 amide bonds. The minimum Gasteiger partial charge on any atom is -0.310 e. The minimum absolute atomic E-state index is 0.132. The van der Waals surface area contributed by atoms with Crippen molar-refractivity contribution in [3.05, 3.63) is 270 Å². The average molecular weight is 860 g/mol. The number of fused-ring (bicyclic) bond motifs is 12. The molecule has 2 heteroatoms. The van der Waals surface area contributed by atoms with Gasteiger partial charge < -0.3 is 4.90 Å². The van der Waals surface area contributed by atoms with Gasteiger partial charge in [-0.25, -0.2) is 0 Å². The summed E-state index contributed by atoms with van der Waals surface area (Å²) in [5, 5.41) is 0. The molecule has 13 rings (SSSR count). The molecule has 0 fully saturated rings. The van der Waals surface area contributed by atoms with E-state index in [-0.39, 0.29) is 5.41 Å². The van der Waals surface area contributed by atoms with E-state index in [2.05, 4.69) is 255 Å². The number of hydrogen-bond donors (Lipinski definition) is 0. The molecule has 10 aromatic carbocycles. The van der Waals surface area contributed by atoms with E-state index in [0.717, 1.165) is 17.1 Å². The Morgan fingerprint density at radius 3 is 1.48 bits per heavy atom. The lowest BCUT2D eigenvalue weighted by Gasteiger charge is -2.42. The van der Waals surface area contributed by atoms with Gasteiger partial charge >= 0.3 is 0 Å². The molecule has 0 saturated heterocycles. The van der Waals surface area contributed by atoms with Crippen molar-refractivity contribution in [1.29, 1.82) is 0 Å². The molecule has 0 unspecified atom stereocenters. The molecular formula is C64H45NS. The molecule has 1 heterocycles. The number of nitrogens with zero attached hydrogens (tertiary/aromatic N) is 1. The van der Waals surface area contributed by atoms with Crippen molar-refractivity contribution in [3.8, 4) is 55.6 Å². The highest BCUT2D eigenvalue weighted by Crippen LogP contribution is 2.67. The topological polar surface area (TPSA) is 3.24 Å². The van der Waals surface area contributed by atoms with Gasteiger partial charge in [0.2, 0.25) is 0 Å². The summed E-state index contributed by atoms with van der Waals surface area (Å²) < 4.78 is 0. The van der Waals surface area contributed by atoms with Crippen LogP contribution < -0.4 is 4.90 Å². The first-order valence-corrected chi connectivity index (χ1v) is 23.8. The van der Waals surface area contributed by atoms with Gasteiger partial charge in [-0.05, 0) is 114 Å². The van der Waals surface area contributed by atoms with Crippen molar-refractivity contribution < 1.29 is 0 Å². The molecule has 0 aromatic heterocycles. The fourth-order valence-corrected chi connectivity index (χ4v) is 12.9. The average Bonchev–Trinajstić information content (AvgIpc) is 3.81. The fourth-order valence-electron chi connectivity index (χ4n) is 11.7. The maximum absolute atomic E-state index is 2.56. The Morgan fingerprint density at radius 1 is 0.318 bits per heavy atom. The molecule has 3 aliphatic rings. The summed E-state index contributed by atoms with van der Waals surface area (Å²) in [6.07, 6.45) is 0. The molecule has 0 saturated carbocycles. The summed E-state index contributed by atoms with van der Waals surface area (Å²) in [6.45, 7) is 4.77. The van der Waals surface area contributed by atoms with E-state index in [0.29, 0.717) is 0 Å². The third kappa shape index (κ3) is 5.55. The summed E-state index contributed by atoms with van der Waals surface area (Å²) in [5.74, 6) is 0. The second-order valence-corrected chi connectivity index (χ2v) is 19.4. The van der Waals surface area contributed by atoms with E-state index in [1.807, 2.05) is 11.8 Å². The lowest BCUT2D eigenvalue weighted by Crippen LogP contribution is -2.33. The highest BCUT2D eigenvalue weighted by atomic mass is 32.2. The van der Waals surface area contributed by atoms with Gasteiger partial charge in [0.1, 0.15) is 0 Å². The highest BCUT2D eigenvalue weighted by molar-refractivity contribution is 7.99. The van der Waals surface area contributed by atoms with Gasteiger partial charge in [0.05, 0.1) is 16.8 Å². The van der Waals surface area contributed by atoms with Gasteiger partial charge in [-0.3, -0.25) is 0 Å². The van der Waals surface area contributed by atoms with Crippen molar-refractivity contribution in [3.63, 3.8) is 0 Å². The molecule has 1 aliphatic heterocycles. The molecular weight excluding hydrogens is 815 g/mol. The Bertz CT molecular complexity index is 3480. The Morgan fingerprint density at radius 2 is 0.803 bits per heavy atom. The van der Waals surface area contributed by atoms with E-state index in [4.69, 9.17) is 0 Å². The maximum Gasteiger partial charge on any atom is 0.0756 e. The zero-order valence-corrected chi connectivity index (χ0v) is 37.7. The Kier molecular flexibility index (Phi) is 8.79. The van der Waals surface area contributed by atoms with E-state index in [1.165, 1.54) is 98.8 Å². The molecule has 0 radical (unpaired) electrons. The summed E-state index contributed by atoms with van der Waals surface area (Å²) >= 11 is 1.89. The molecule has 2 aliphatic carbocycles. The van der Waals surface area contributed by atoms with E-state index >= 15 is 0 Å². The predicted molar refractivity (Wildman–Crippen MR) is 276 cm³/mol. The molecule has 0 atom stereocenters. The normalized spacial score (nSPS) is 14.1. The summed E-state index contributed by atoms with van der Waals surface area (Å²) in [5.41, 5.74) is 23.1. The van der Waals surface area contributed by atoms with Crippen LogP contribution in [0.1, 0.15) is 47.2 Å². The molecule has 10 aromatic rings. The van der Waals surface area contributed by atoms with Gasteiger partial charge in [0, 0.05) is 32.0 Å². The number of benzene rings is 10.